The van der Waals surface area contributed by atoms with Crippen molar-refractivity contribution in [2.45, 2.75) is 50.6 Å². The second kappa shape index (κ2) is 9.96. The van der Waals surface area contributed by atoms with Crippen molar-refractivity contribution < 1.29 is 17.9 Å². The van der Waals surface area contributed by atoms with E-state index < -0.39 is 9.84 Å². The number of morpholine rings is 1. The summed E-state index contributed by atoms with van der Waals surface area (Å²) in [5.74, 6) is 0.240. The Labute approximate surface area is 190 Å². The Bertz CT molecular complexity index is 883. The van der Waals surface area contributed by atoms with Crippen LogP contribution < -0.4 is 10.2 Å². The van der Waals surface area contributed by atoms with Crippen LogP contribution in [0.5, 0.6) is 0 Å². The number of ether oxygens (including phenoxy) is 1. The Morgan fingerprint density at radius 3 is 2.55 bits per heavy atom. The molecule has 1 aromatic carbocycles. The molecule has 0 bridgehead atoms. The van der Waals surface area contributed by atoms with Crippen molar-refractivity contribution in [3.05, 3.63) is 23.2 Å². The number of rotatable bonds is 6. The number of carbonyl (C=O) groups is 1. The average Bonchev–Trinajstić information content (AvgIpc) is 3.13. The molecule has 9 heteroatoms. The largest absolute Gasteiger partial charge is 0.378 e. The molecule has 2 aliphatic heterocycles. The van der Waals surface area contributed by atoms with E-state index in [0.29, 0.717) is 24.7 Å². The lowest BCUT2D eigenvalue weighted by Crippen LogP contribution is -2.50. The van der Waals surface area contributed by atoms with Gasteiger partial charge in [-0.2, -0.15) is 0 Å². The summed E-state index contributed by atoms with van der Waals surface area (Å²) in [7, 11) is -3.06. The number of hydrogen-bond acceptors (Lipinski definition) is 6. The molecular weight excluding hydrogens is 438 g/mol. The highest BCUT2D eigenvalue weighted by atomic mass is 35.5. The van der Waals surface area contributed by atoms with Gasteiger partial charge < -0.3 is 19.9 Å². The van der Waals surface area contributed by atoms with E-state index in [1.54, 1.807) is 0 Å². The van der Waals surface area contributed by atoms with Crippen molar-refractivity contribution in [3.63, 3.8) is 0 Å². The van der Waals surface area contributed by atoms with Crippen molar-refractivity contribution in [1.82, 2.24) is 4.90 Å². The zero-order valence-electron chi connectivity index (χ0n) is 17.9. The monoisotopic (exact) mass is 469 g/mol. The van der Waals surface area contributed by atoms with Crippen molar-refractivity contribution >= 4 is 38.7 Å². The van der Waals surface area contributed by atoms with Gasteiger partial charge in [0.25, 0.3) is 0 Å². The van der Waals surface area contributed by atoms with E-state index in [1.165, 1.54) is 6.42 Å². The number of nitrogens with zero attached hydrogens (tertiary/aromatic N) is 2. The van der Waals surface area contributed by atoms with Gasteiger partial charge in [-0.3, -0.25) is 4.79 Å². The number of hydrogen-bond donors (Lipinski definition) is 1. The molecule has 1 amide bonds. The molecule has 2 saturated heterocycles. The van der Waals surface area contributed by atoms with Crippen LogP contribution in [0.15, 0.2) is 18.2 Å². The number of benzene rings is 1. The highest BCUT2D eigenvalue weighted by Gasteiger charge is 2.38. The van der Waals surface area contributed by atoms with Gasteiger partial charge in [-0.15, -0.1) is 0 Å². The quantitative estimate of drug-likeness (QED) is 0.690. The summed E-state index contributed by atoms with van der Waals surface area (Å²) in [5.41, 5.74) is 1.83. The topological polar surface area (TPSA) is 79.0 Å². The average molecular weight is 470 g/mol. The molecule has 1 saturated carbocycles. The van der Waals surface area contributed by atoms with E-state index in [-0.39, 0.29) is 36.0 Å². The predicted octanol–water partition coefficient (Wildman–Crippen LogP) is 2.94. The second-order valence-corrected chi connectivity index (χ2v) is 11.4. The van der Waals surface area contributed by atoms with E-state index in [2.05, 4.69) is 10.2 Å². The molecule has 3 aliphatic rings. The van der Waals surface area contributed by atoms with Crippen LogP contribution in [0.25, 0.3) is 0 Å². The van der Waals surface area contributed by atoms with Crippen molar-refractivity contribution in [3.8, 4) is 0 Å². The molecule has 4 rings (SSSR count). The van der Waals surface area contributed by atoms with Crippen molar-refractivity contribution in [2.75, 3.05) is 54.6 Å². The van der Waals surface area contributed by atoms with Crippen molar-refractivity contribution in [2.24, 2.45) is 0 Å². The van der Waals surface area contributed by atoms with Crippen LogP contribution in [0.4, 0.5) is 11.4 Å². The molecule has 31 heavy (non-hydrogen) atoms. The summed E-state index contributed by atoms with van der Waals surface area (Å²) in [4.78, 5) is 17.5. The number of sulfone groups is 1. The fourth-order valence-corrected chi connectivity index (χ4v) is 6.93. The molecule has 1 atom stereocenters. The maximum absolute atomic E-state index is 13.4. The molecule has 1 aromatic rings. The first-order valence-electron chi connectivity index (χ1n) is 11.3. The third kappa shape index (κ3) is 5.65. The van der Waals surface area contributed by atoms with Crippen LogP contribution in [-0.2, 0) is 19.4 Å². The Kier molecular flexibility index (Phi) is 7.29. The van der Waals surface area contributed by atoms with E-state index in [4.69, 9.17) is 16.3 Å². The van der Waals surface area contributed by atoms with Crippen LogP contribution in [0.1, 0.15) is 38.5 Å². The summed E-state index contributed by atoms with van der Waals surface area (Å²) in [6, 6.07) is 5.62. The Balaban J connectivity index is 1.49. The standard InChI is InChI=1S/C22H32ClN3O4S/c23-17-6-7-21(25-9-11-30-12-10-25)20(14-17)24-15-22(27)26(18-4-2-1-3-5-18)19-8-13-31(28,29)16-19/h6-7,14,18-19,24H,1-5,8-13,15-16H2. The summed E-state index contributed by atoms with van der Waals surface area (Å²) in [6.45, 7) is 3.06. The van der Waals surface area contributed by atoms with Crippen LogP contribution in [0.3, 0.4) is 0 Å². The molecule has 3 fully saturated rings. The highest BCUT2D eigenvalue weighted by Crippen LogP contribution is 2.31. The zero-order chi connectivity index (χ0) is 21.8. The lowest BCUT2D eigenvalue weighted by atomic mass is 9.93. The SMILES string of the molecule is O=C(CNc1cc(Cl)ccc1N1CCOCC1)N(C1CCCCC1)C1CCS(=O)(=O)C1. The third-order valence-corrected chi connectivity index (χ3v) is 8.58. The molecule has 0 radical (unpaired) electrons. The van der Waals surface area contributed by atoms with Crippen LogP contribution in [0.2, 0.25) is 5.02 Å². The molecule has 7 nitrogen and oxygen atoms in total. The summed E-state index contributed by atoms with van der Waals surface area (Å²) < 4.78 is 29.7. The minimum absolute atomic E-state index is 0.0260. The first-order valence-corrected chi connectivity index (χ1v) is 13.5. The fraction of sp³-hybridized carbons (Fsp3) is 0.682. The third-order valence-electron chi connectivity index (χ3n) is 6.60. The van der Waals surface area contributed by atoms with Gasteiger partial charge in [-0.25, -0.2) is 8.42 Å². The first kappa shape index (κ1) is 22.7. The molecular formula is C22H32ClN3O4S. The summed E-state index contributed by atoms with van der Waals surface area (Å²) in [6.07, 6.45) is 5.83. The number of halogens is 1. The Morgan fingerprint density at radius 1 is 1.13 bits per heavy atom. The minimum Gasteiger partial charge on any atom is -0.378 e. The molecule has 1 unspecified atom stereocenters. The normalized spacial score (nSPS) is 24.2. The minimum atomic E-state index is -3.06. The molecule has 1 N–H and O–H groups in total. The number of carbonyl (C=O) groups excluding carboxylic acids is 1. The van der Waals surface area contributed by atoms with Gasteiger partial charge in [0.15, 0.2) is 9.84 Å². The van der Waals surface area contributed by atoms with E-state index >= 15 is 0 Å². The Hall–Kier alpha value is -1.51. The van der Waals surface area contributed by atoms with Crippen molar-refractivity contribution in [1.29, 1.82) is 0 Å². The lowest BCUT2D eigenvalue weighted by molar-refractivity contribution is -0.134. The summed E-state index contributed by atoms with van der Waals surface area (Å²) in [5, 5.41) is 3.92. The van der Waals surface area contributed by atoms with Gasteiger partial charge in [0, 0.05) is 30.2 Å². The smallest absolute Gasteiger partial charge is 0.242 e. The fourth-order valence-electron chi connectivity index (χ4n) is 5.05. The maximum Gasteiger partial charge on any atom is 0.242 e. The van der Waals surface area contributed by atoms with E-state index in [1.807, 2.05) is 23.1 Å². The van der Waals surface area contributed by atoms with Crippen LogP contribution in [-0.4, -0.2) is 75.7 Å². The Morgan fingerprint density at radius 2 is 1.87 bits per heavy atom. The van der Waals surface area contributed by atoms with Crippen LogP contribution >= 0.6 is 11.6 Å². The lowest BCUT2D eigenvalue weighted by Gasteiger charge is -2.38. The first-order chi connectivity index (χ1) is 14.9. The highest BCUT2D eigenvalue weighted by molar-refractivity contribution is 7.91. The maximum atomic E-state index is 13.4. The molecule has 0 spiro atoms. The second-order valence-electron chi connectivity index (χ2n) is 8.76. The molecule has 0 aromatic heterocycles. The van der Waals surface area contributed by atoms with Gasteiger partial charge in [0.05, 0.1) is 42.6 Å². The summed E-state index contributed by atoms with van der Waals surface area (Å²) >= 11 is 6.25. The zero-order valence-corrected chi connectivity index (χ0v) is 19.5. The molecule has 172 valence electrons. The predicted molar refractivity (Wildman–Crippen MR) is 124 cm³/mol. The van der Waals surface area contributed by atoms with E-state index in [9.17, 15) is 13.2 Å². The number of anilines is 2. The van der Waals surface area contributed by atoms with Gasteiger partial charge >= 0.3 is 0 Å². The number of nitrogens with one attached hydrogen (secondary N) is 1. The van der Waals surface area contributed by atoms with Gasteiger partial charge in [-0.05, 0) is 37.5 Å². The van der Waals surface area contributed by atoms with Gasteiger partial charge in [0.1, 0.15) is 0 Å². The number of amides is 1. The van der Waals surface area contributed by atoms with Gasteiger partial charge in [0.2, 0.25) is 5.91 Å². The van der Waals surface area contributed by atoms with Gasteiger partial charge in [-0.1, -0.05) is 30.9 Å². The molecule has 1 aliphatic carbocycles. The van der Waals surface area contributed by atoms with Crippen LogP contribution in [0, 0.1) is 0 Å². The van der Waals surface area contributed by atoms with E-state index in [0.717, 1.165) is 50.1 Å². The molecule has 2 heterocycles.